The van der Waals surface area contributed by atoms with Gasteiger partial charge in [0.2, 0.25) is 0 Å². The highest BCUT2D eigenvalue weighted by molar-refractivity contribution is 6.04. The number of para-hydroxylation sites is 1. The zero-order valence-corrected chi connectivity index (χ0v) is 14.4. The summed E-state index contributed by atoms with van der Waals surface area (Å²) in [5.74, 6) is -0.194. The molecule has 3 rings (SSSR count). The first-order chi connectivity index (χ1) is 12.4. The van der Waals surface area contributed by atoms with Crippen molar-refractivity contribution in [2.45, 2.75) is 20.0 Å². The number of nitrogens with zero attached hydrogens (tertiary/aromatic N) is 1. The minimum absolute atomic E-state index is 0.368. The van der Waals surface area contributed by atoms with Gasteiger partial charge in [-0.25, -0.2) is 4.79 Å². The molecule has 0 fully saturated rings. The first-order valence-electron chi connectivity index (χ1n) is 8.08. The fourth-order valence-corrected chi connectivity index (χ4v) is 2.49. The number of pyridine rings is 1. The number of hydrogen-bond acceptors (Lipinski definition) is 5. The van der Waals surface area contributed by atoms with Crippen LogP contribution in [0.4, 0.5) is 0 Å². The number of aromatic nitrogens is 1. The smallest absolute Gasteiger partial charge is 0.344 e. The van der Waals surface area contributed by atoms with Gasteiger partial charge in [0.25, 0.3) is 5.91 Å². The fraction of sp³-hybridized carbons (Fsp3) is 0.150. The average molecular weight is 350 g/mol. The van der Waals surface area contributed by atoms with Crippen LogP contribution in [0.3, 0.4) is 0 Å². The predicted octanol–water partition coefficient (Wildman–Crippen LogP) is 3.02. The summed E-state index contributed by atoms with van der Waals surface area (Å²) in [5.41, 5.74) is 7.09. The van der Waals surface area contributed by atoms with Crippen LogP contribution < -0.4 is 15.2 Å². The fourth-order valence-electron chi connectivity index (χ4n) is 2.49. The normalized spacial score (nSPS) is 11.8. The lowest BCUT2D eigenvalue weighted by atomic mass is 10.1. The maximum atomic E-state index is 12.6. The molecule has 6 heteroatoms. The molecule has 0 unspecified atom stereocenters. The first kappa shape index (κ1) is 17.4. The summed E-state index contributed by atoms with van der Waals surface area (Å²) in [5, 5.41) is 0.735. The number of fused-ring (bicyclic) bond motifs is 1. The second-order valence-electron chi connectivity index (χ2n) is 5.85. The number of rotatable bonds is 5. The number of hydrogen-bond donors (Lipinski definition) is 1. The summed E-state index contributed by atoms with van der Waals surface area (Å²) in [4.78, 5) is 28.0. The highest BCUT2D eigenvalue weighted by Gasteiger charge is 2.15. The highest BCUT2D eigenvalue weighted by Crippen LogP contribution is 2.22. The van der Waals surface area contributed by atoms with E-state index in [1.165, 1.54) is 0 Å². The largest absolute Gasteiger partial charge is 0.481 e. The van der Waals surface area contributed by atoms with Crippen molar-refractivity contribution in [2.75, 3.05) is 0 Å². The van der Waals surface area contributed by atoms with Crippen molar-refractivity contribution in [3.63, 3.8) is 0 Å². The minimum atomic E-state index is -0.741. The maximum Gasteiger partial charge on any atom is 0.344 e. The van der Waals surface area contributed by atoms with Gasteiger partial charge in [-0.2, -0.15) is 0 Å². The Bertz CT molecular complexity index is 967. The number of nitrogens with two attached hydrogens (primary N) is 1. The Kier molecular flexibility index (Phi) is 4.84. The van der Waals surface area contributed by atoms with Crippen molar-refractivity contribution < 1.29 is 19.1 Å². The lowest BCUT2D eigenvalue weighted by molar-refractivity contribution is -0.123. The van der Waals surface area contributed by atoms with Gasteiger partial charge < -0.3 is 15.2 Å². The molecule has 1 amide bonds. The molecule has 0 saturated carbocycles. The van der Waals surface area contributed by atoms with Crippen molar-refractivity contribution >= 4 is 22.8 Å². The van der Waals surface area contributed by atoms with Gasteiger partial charge in [-0.1, -0.05) is 18.2 Å². The van der Waals surface area contributed by atoms with Crippen molar-refractivity contribution in [3.8, 4) is 11.5 Å². The van der Waals surface area contributed by atoms with Crippen LogP contribution in [0.1, 0.15) is 23.0 Å². The topological polar surface area (TPSA) is 91.5 Å². The van der Waals surface area contributed by atoms with Gasteiger partial charge in [-0.15, -0.1) is 0 Å². The van der Waals surface area contributed by atoms with E-state index in [4.69, 9.17) is 15.2 Å². The van der Waals surface area contributed by atoms with Crippen LogP contribution in [0, 0.1) is 6.92 Å². The number of carbonyl (C=O) groups is 2. The van der Waals surface area contributed by atoms with Gasteiger partial charge in [0.15, 0.2) is 6.10 Å². The highest BCUT2D eigenvalue weighted by atomic mass is 16.5. The lowest BCUT2D eigenvalue weighted by Gasteiger charge is -2.12. The van der Waals surface area contributed by atoms with E-state index >= 15 is 0 Å². The molecule has 0 saturated heterocycles. The number of benzene rings is 2. The molecule has 0 spiro atoms. The van der Waals surface area contributed by atoms with E-state index in [0.29, 0.717) is 17.1 Å². The standard InChI is InChI=1S/C20H18N2O4/c1-12-11-17(16-5-3-4-6-18(16)22-12)20(24)26-15-9-7-14(8-10-15)25-13(2)19(21)23/h3-11,13H,1-2H3,(H2,21,23)/t13-/m0/s1. The van der Waals surface area contributed by atoms with Gasteiger partial charge in [-0.3, -0.25) is 9.78 Å². The molecule has 2 N–H and O–H groups in total. The molecule has 0 aliphatic carbocycles. The van der Waals surface area contributed by atoms with Gasteiger partial charge in [0.05, 0.1) is 11.1 Å². The molecule has 1 aromatic heterocycles. The van der Waals surface area contributed by atoms with Crippen LogP contribution in [-0.4, -0.2) is 23.0 Å². The summed E-state index contributed by atoms with van der Waals surface area (Å²) in [7, 11) is 0. The van der Waals surface area contributed by atoms with Crippen LogP contribution in [0.15, 0.2) is 54.6 Å². The molecule has 0 aliphatic heterocycles. The van der Waals surface area contributed by atoms with Crippen molar-refractivity contribution in [1.82, 2.24) is 4.98 Å². The van der Waals surface area contributed by atoms with E-state index in [2.05, 4.69) is 4.98 Å². The van der Waals surface area contributed by atoms with Gasteiger partial charge in [-0.05, 0) is 50.2 Å². The molecule has 0 radical (unpaired) electrons. The third kappa shape index (κ3) is 3.80. The maximum absolute atomic E-state index is 12.6. The second-order valence-corrected chi connectivity index (χ2v) is 5.85. The third-order valence-electron chi connectivity index (χ3n) is 3.81. The average Bonchev–Trinajstić information content (AvgIpc) is 2.62. The van der Waals surface area contributed by atoms with Crippen LogP contribution in [0.2, 0.25) is 0 Å². The minimum Gasteiger partial charge on any atom is -0.481 e. The summed E-state index contributed by atoms with van der Waals surface area (Å²) in [6.45, 7) is 3.39. The van der Waals surface area contributed by atoms with Crippen LogP contribution in [-0.2, 0) is 4.79 Å². The Morgan fingerprint density at radius 1 is 1.04 bits per heavy atom. The third-order valence-corrected chi connectivity index (χ3v) is 3.81. The van der Waals surface area contributed by atoms with E-state index in [1.54, 1.807) is 37.3 Å². The molecule has 2 aromatic carbocycles. The second kappa shape index (κ2) is 7.23. The number of carbonyl (C=O) groups excluding carboxylic acids is 2. The number of amides is 1. The molecule has 26 heavy (non-hydrogen) atoms. The molecule has 1 atom stereocenters. The number of esters is 1. The quantitative estimate of drug-likeness (QED) is 0.564. The van der Waals surface area contributed by atoms with Gasteiger partial charge in [0.1, 0.15) is 11.5 Å². The number of ether oxygens (including phenoxy) is 2. The first-order valence-corrected chi connectivity index (χ1v) is 8.08. The van der Waals surface area contributed by atoms with Crippen LogP contribution in [0.5, 0.6) is 11.5 Å². The summed E-state index contributed by atoms with van der Waals surface area (Å²) >= 11 is 0. The SMILES string of the molecule is Cc1cc(C(=O)Oc2ccc(O[C@@H](C)C(N)=O)cc2)c2ccccc2n1. The molecule has 132 valence electrons. The van der Waals surface area contributed by atoms with Crippen molar-refractivity contribution in [1.29, 1.82) is 0 Å². The van der Waals surface area contributed by atoms with E-state index < -0.39 is 18.0 Å². The van der Waals surface area contributed by atoms with Gasteiger partial charge >= 0.3 is 5.97 Å². The Morgan fingerprint density at radius 2 is 1.69 bits per heavy atom. The number of primary amides is 1. The molecule has 3 aromatic rings. The Labute approximate surface area is 150 Å². The molecule has 1 heterocycles. The van der Waals surface area contributed by atoms with Crippen molar-refractivity contribution in [3.05, 3.63) is 65.9 Å². The molecular weight excluding hydrogens is 332 g/mol. The van der Waals surface area contributed by atoms with E-state index in [1.807, 2.05) is 31.2 Å². The monoisotopic (exact) mass is 350 g/mol. The lowest BCUT2D eigenvalue weighted by Crippen LogP contribution is -2.30. The van der Waals surface area contributed by atoms with Crippen molar-refractivity contribution in [2.24, 2.45) is 5.73 Å². The van der Waals surface area contributed by atoms with E-state index in [-0.39, 0.29) is 0 Å². The van der Waals surface area contributed by atoms with Crippen LogP contribution >= 0.6 is 0 Å². The predicted molar refractivity (Wildman–Crippen MR) is 97.2 cm³/mol. The number of aryl methyl sites for hydroxylation is 1. The molecule has 6 nitrogen and oxygen atoms in total. The summed E-state index contributed by atoms with van der Waals surface area (Å²) < 4.78 is 10.8. The van der Waals surface area contributed by atoms with E-state index in [0.717, 1.165) is 16.6 Å². The Balaban J connectivity index is 1.79. The van der Waals surface area contributed by atoms with Gasteiger partial charge in [0, 0.05) is 11.1 Å². The zero-order chi connectivity index (χ0) is 18.7. The molecular formula is C20H18N2O4. The summed E-state index contributed by atoms with van der Waals surface area (Å²) in [6.07, 6.45) is -0.741. The Morgan fingerprint density at radius 3 is 2.38 bits per heavy atom. The summed E-state index contributed by atoms with van der Waals surface area (Å²) in [6, 6.07) is 15.5. The van der Waals surface area contributed by atoms with E-state index in [9.17, 15) is 9.59 Å². The molecule has 0 aliphatic rings. The molecule has 0 bridgehead atoms. The zero-order valence-electron chi connectivity index (χ0n) is 14.4. The Hall–Kier alpha value is -3.41. The van der Waals surface area contributed by atoms with Crippen LogP contribution in [0.25, 0.3) is 10.9 Å².